The van der Waals surface area contributed by atoms with Crippen molar-refractivity contribution >= 4 is 29.5 Å². The molecule has 34 heavy (non-hydrogen) atoms. The van der Waals surface area contributed by atoms with Crippen LogP contribution in [0.3, 0.4) is 0 Å². The second-order valence-electron chi connectivity index (χ2n) is 7.92. The number of β-lactam (4-membered cyclic amide) rings is 1. The fraction of sp³-hybridized carbons (Fsp3) is 0.269. The van der Waals surface area contributed by atoms with Crippen molar-refractivity contribution in [2.75, 3.05) is 12.9 Å². The van der Waals surface area contributed by atoms with Gasteiger partial charge in [-0.3, -0.25) is 14.5 Å². The summed E-state index contributed by atoms with van der Waals surface area (Å²) >= 11 is 1.52. The molecule has 0 aromatic heterocycles. The third-order valence-electron chi connectivity index (χ3n) is 5.61. The van der Waals surface area contributed by atoms with Crippen molar-refractivity contribution in [3.05, 3.63) is 89.1 Å². The van der Waals surface area contributed by atoms with E-state index in [0.717, 1.165) is 16.7 Å². The van der Waals surface area contributed by atoms with Crippen LogP contribution in [0, 0.1) is 0 Å². The van der Waals surface area contributed by atoms with Crippen LogP contribution in [0.1, 0.15) is 18.1 Å². The average Bonchev–Trinajstić information content (AvgIpc) is 2.86. The lowest BCUT2D eigenvalue weighted by Crippen LogP contribution is -2.70. The van der Waals surface area contributed by atoms with Gasteiger partial charge in [0.2, 0.25) is 5.91 Å². The predicted molar refractivity (Wildman–Crippen MR) is 130 cm³/mol. The van der Waals surface area contributed by atoms with Gasteiger partial charge in [-0.15, -0.1) is 11.8 Å². The number of ether oxygens (including phenoxy) is 2. The Labute approximate surface area is 202 Å². The quantitative estimate of drug-likeness (QED) is 0.463. The molecular formula is C26H26N2O5S. The Bertz CT molecular complexity index is 1130. The summed E-state index contributed by atoms with van der Waals surface area (Å²) in [5, 5.41) is 2.49. The number of fused-ring (bicyclic) bond motifs is 1. The first-order valence-electron chi connectivity index (χ1n) is 11.0. The number of carbonyl (C=O) groups is 3. The predicted octanol–water partition coefficient (Wildman–Crippen LogP) is 3.21. The molecule has 0 radical (unpaired) electrons. The molecule has 2 atom stereocenters. The maximum Gasteiger partial charge on any atom is 0.355 e. The number of hydrogen-bond acceptors (Lipinski definition) is 6. The number of hydrogen-bond donors (Lipinski definition) is 1. The van der Waals surface area contributed by atoms with Crippen LogP contribution in [0.15, 0.2) is 78.0 Å². The van der Waals surface area contributed by atoms with Crippen LogP contribution in [0.4, 0.5) is 0 Å². The number of amides is 2. The molecule has 1 saturated heterocycles. The van der Waals surface area contributed by atoms with Crippen molar-refractivity contribution in [2.24, 2.45) is 0 Å². The molecule has 4 rings (SSSR count). The van der Waals surface area contributed by atoms with Crippen molar-refractivity contribution in [3.63, 3.8) is 0 Å². The summed E-state index contributed by atoms with van der Waals surface area (Å²) in [4.78, 5) is 40.0. The molecule has 1 fully saturated rings. The Morgan fingerprint density at radius 3 is 2.53 bits per heavy atom. The molecule has 0 spiro atoms. The van der Waals surface area contributed by atoms with E-state index in [9.17, 15) is 14.4 Å². The zero-order chi connectivity index (χ0) is 24.1. The highest BCUT2D eigenvalue weighted by atomic mass is 32.2. The molecule has 2 amide bonds. The number of thioether (sulfide) groups is 1. The van der Waals surface area contributed by atoms with Gasteiger partial charge in [-0.1, -0.05) is 54.6 Å². The third kappa shape index (κ3) is 5.02. The molecule has 0 unspecified atom stereocenters. The van der Waals surface area contributed by atoms with E-state index in [2.05, 4.69) is 5.32 Å². The van der Waals surface area contributed by atoms with E-state index in [-0.39, 0.29) is 35.9 Å². The van der Waals surface area contributed by atoms with Gasteiger partial charge in [0.25, 0.3) is 5.91 Å². The maximum absolute atomic E-state index is 13.1. The van der Waals surface area contributed by atoms with Crippen molar-refractivity contribution in [3.8, 4) is 5.75 Å². The van der Waals surface area contributed by atoms with E-state index in [0.29, 0.717) is 11.5 Å². The second-order valence-corrected chi connectivity index (χ2v) is 9.02. The molecule has 0 bridgehead atoms. The monoisotopic (exact) mass is 478 g/mol. The molecule has 2 heterocycles. The number of carbonyl (C=O) groups excluding carboxylic acids is 3. The van der Waals surface area contributed by atoms with E-state index >= 15 is 0 Å². The Morgan fingerprint density at radius 1 is 1.12 bits per heavy atom. The second kappa shape index (κ2) is 10.6. The average molecular weight is 479 g/mol. The summed E-state index contributed by atoms with van der Waals surface area (Å²) in [5.41, 5.74) is 2.66. The van der Waals surface area contributed by atoms with Gasteiger partial charge < -0.3 is 14.8 Å². The Morgan fingerprint density at radius 2 is 1.85 bits per heavy atom. The summed E-state index contributed by atoms with van der Waals surface area (Å²) in [5.74, 6) is 0.161. The number of allylic oxidation sites excluding steroid dienone is 2. The van der Waals surface area contributed by atoms with Gasteiger partial charge in [-0.2, -0.15) is 0 Å². The third-order valence-corrected chi connectivity index (χ3v) is 6.91. The molecule has 7 nitrogen and oxygen atoms in total. The summed E-state index contributed by atoms with van der Waals surface area (Å²) in [6, 6.07) is 15.9. The van der Waals surface area contributed by atoms with E-state index in [4.69, 9.17) is 9.47 Å². The molecule has 176 valence electrons. The fourth-order valence-corrected chi connectivity index (χ4v) is 5.22. The van der Waals surface area contributed by atoms with Crippen molar-refractivity contribution in [2.45, 2.75) is 31.4 Å². The SMILES string of the molecule is CC=CC1=C(C(=O)OCc2ccc(OC)cc2)N2C(=O)[C@@H](NC(=O)Cc3ccccc3)[C@@H]2SC1. The number of rotatable bonds is 8. The van der Waals surface area contributed by atoms with Gasteiger partial charge in [-0.05, 0) is 35.8 Å². The minimum Gasteiger partial charge on any atom is -0.497 e. The summed E-state index contributed by atoms with van der Waals surface area (Å²) < 4.78 is 10.7. The van der Waals surface area contributed by atoms with Crippen LogP contribution >= 0.6 is 11.8 Å². The molecular weight excluding hydrogens is 452 g/mol. The van der Waals surface area contributed by atoms with E-state index in [1.807, 2.05) is 61.5 Å². The van der Waals surface area contributed by atoms with Crippen molar-refractivity contribution in [1.29, 1.82) is 0 Å². The van der Waals surface area contributed by atoms with E-state index < -0.39 is 12.0 Å². The number of benzene rings is 2. The molecule has 1 N–H and O–H groups in total. The lowest BCUT2D eigenvalue weighted by Gasteiger charge is -2.49. The van der Waals surface area contributed by atoms with E-state index in [1.54, 1.807) is 19.2 Å². The van der Waals surface area contributed by atoms with Crippen LogP contribution in [0.5, 0.6) is 5.75 Å². The molecule has 2 aliphatic heterocycles. The Balaban J connectivity index is 1.44. The van der Waals surface area contributed by atoms with Crippen molar-refractivity contribution < 1.29 is 23.9 Å². The van der Waals surface area contributed by atoms with Gasteiger partial charge in [-0.25, -0.2) is 4.79 Å². The molecule has 0 saturated carbocycles. The molecule has 2 aliphatic rings. The van der Waals surface area contributed by atoms with Crippen LogP contribution < -0.4 is 10.1 Å². The van der Waals surface area contributed by atoms with Gasteiger partial charge in [0.15, 0.2) is 0 Å². The lowest BCUT2D eigenvalue weighted by atomic mass is 10.0. The normalized spacial score (nSPS) is 19.5. The molecule has 2 aromatic rings. The van der Waals surface area contributed by atoms with Gasteiger partial charge in [0.1, 0.15) is 29.5 Å². The first-order chi connectivity index (χ1) is 16.5. The zero-order valence-electron chi connectivity index (χ0n) is 19.0. The summed E-state index contributed by atoms with van der Waals surface area (Å²) in [6.07, 6.45) is 3.84. The van der Waals surface area contributed by atoms with Gasteiger partial charge in [0, 0.05) is 5.75 Å². The van der Waals surface area contributed by atoms with Crippen LogP contribution in [-0.2, 0) is 32.1 Å². The Hall–Kier alpha value is -3.52. The maximum atomic E-state index is 13.1. The topological polar surface area (TPSA) is 84.9 Å². The van der Waals surface area contributed by atoms with E-state index in [1.165, 1.54) is 16.7 Å². The minimum absolute atomic E-state index is 0.0759. The summed E-state index contributed by atoms with van der Waals surface area (Å²) in [6.45, 7) is 1.93. The number of esters is 1. The highest BCUT2D eigenvalue weighted by Gasteiger charge is 2.54. The largest absolute Gasteiger partial charge is 0.497 e. The zero-order valence-corrected chi connectivity index (χ0v) is 19.8. The van der Waals surface area contributed by atoms with Gasteiger partial charge in [0.05, 0.1) is 13.5 Å². The van der Waals surface area contributed by atoms with Crippen LogP contribution in [-0.4, -0.2) is 47.0 Å². The fourth-order valence-electron chi connectivity index (χ4n) is 3.91. The smallest absolute Gasteiger partial charge is 0.355 e. The molecule has 0 aliphatic carbocycles. The Kier molecular flexibility index (Phi) is 7.37. The molecule has 2 aromatic carbocycles. The highest BCUT2D eigenvalue weighted by Crippen LogP contribution is 2.41. The van der Waals surface area contributed by atoms with Crippen LogP contribution in [0.25, 0.3) is 0 Å². The highest BCUT2D eigenvalue weighted by molar-refractivity contribution is 8.00. The first kappa shape index (κ1) is 23.6. The minimum atomic E-state index is -0.669. The van der Waals surface area contributed by atoms with Crippen molar-refractivity contribution in [1.82, 2.24) is 10.2 Å². The number of methoxy groups -OCH3 is 1. The first-order valence-corrected chi connectivity index (χ1v) is 12.0. The number of nitrogens with zero attached hydrogens (tertiary/aromatic N) is 1. The van der Waals surface area contributed by atoms with Gasteiger partial charge >= 0.3 is 5.97 Å². The standard InChI is InChI=1S/C26H26N2O5S/c1-3-7-19-16-34-25-22(27-21(29)14-17-8-5-4-6-9-17)24(30)28(25)23(19)26(31)33-15-18-10-12-20(32-2)13-11-18/h3-13,22,25H,14-16H2,1-2H3,(H,27,29)/t22-,25+/m1/s1. The number of nitrogens with one attached hydrogen (secondary N) is 1. The molecule has 8 heteroatoms. The lowest BCUT2D eigenvalue weighted by molar-refractivity contribution is -0.153. The summed E-state index contributed by atoms with van der Waals surface area (Å²) in [7, 11) is 1.59. The van der Waals surface area contributed by atoms with Crippen LogP contribution in [0.2, 0.25) is 0 Å².